The maximum absolute atomic E-state index is 12.0. The lowest BCUT2D eigenvalue weighted by molar-refractivity contribution is -0.136. The van der Waals surface area contributed by atoms with E-state index in [4.69, 9.17) is 0 Å². The molecule has 23 heavy (non-hydrogen) atoms. The number of rotatable bonds is 5. The fraction of sp³-hybridized carbons (Fsp3) is 0.263. The number of hydrogen-bond donors (Lipinski definition) is 2. The van der Waals surface area contributed by atoms with Crippen LogP contribution in [-0.4, -0.2) is 18.4 Å². The minimum atomic E-state index is -0.629. The van der Waals surface area contributed by atoms with Crippen LogP contribution in [0.25, 0.3) is 0 Å². The number of hydrogen-bond acceptors (Lipinski definition) is 2. The third-order valence-corrected chi connectivity index (χ3v) is 3.63. The second-order valence-electron chi connectivity index (χ2n) is 5.46. The zero-order valence-corrected chi connectivity index (χ0v) is 13.6. The fourth-order valence-corrected chi connectivity index (χ4v) is 2.40. The molecule has 0 radical (unpaired) electrons. The van der Waals surface area contributed by atoms with E-state index in [1.54, 1.807) is 6.07 Å². The van der Waals surface area contributed by atoms with Crippen LogP contribution in [0.15, 0.2) is 48.5 Å². The van der Waals surface area contributed by atoms with E-state index < -0.39 is 11.8 Å². The maximum atomic E-state index is 12.0. The molecule has 4 heteroatoms. The van der Waals surface area contributed by atoms with Gasteiger partial charge in [-0.2, -0.15) is 0 Å². The standard InChI is InChI=1S/C19H22N2O2/c1-3-16-9-4-5-10-17(16)21-19(23)18(22)20-12-11-15-8-6-7-14(2)13-15/h4-10,13H,3,11-12H2,1-2H3,(H,20,22)(H,21,23). The molecule has 0 aliphatic heterocycles. The molecule has 120 valence electrons. The molecule has 2 rings (SSSR count). The van der Waals surface area contributed by atoms with E-state index >= 15 is 0 Å². The highest BCUT2D eigenvalue weighted by Gasteiger charge is 2.14. The molecule has 2 aromatic rings. The van der Waals surface area contributed by atoms with Gasteiger partial charge >= 0.3 is 11.8 Å². The number of carbonyl (C=O) groups is 2. The number of para-hydroxylation sites is 1. The van der Waals surface area contributed by atoms with Gasteiger partial charge in [-0.25, -0.2) is 0 Å². The summed E-state index contributed by atoms with van der Waals surface area (Å²) in [4.78, 5) is 23.8. The van der Waals surface area contributed by atoms with Crippen molar-refractivity contribution in [3.8, 4) is 0 Å². The van der Waals surface area contributed by atoms with Gasteiger partial charge < -0.3 is 10.6 Å². The van der Waals surface area contributed by atoms with Gasteiger partial charge in [0.25, 0.3) is 0 Å². The lowest BCUT2D eigenvalue weighted by Gasteiger charge is -2.10. The molecule has 4 nitrogen and oxygen atoms in total. The van der Waals surface area contributed by atoms with Gasteiger partial charge in [0.1, 0.15) is 0 Å². The molecule has 0 saturated carbocycles. The van der Waals surface area contributed by atoms with Gasteiger partial charge in [0.15, 0.2) is 0 Å². The lowest BCUT2D eigenvalue weighted by atomic mass is 10.1. The fourth-order valence-electron chi connectivity index (χ4n) is 2.40. The van der Waals surface area contributed by atoms with E-state index in [1.165, 1.54) is 5.56 Å². The molecular weight excluding hydrogens is 288 g/mol. The van der Waals surface area contributed by atoms with Gasteiger partial charge in [0.2, 0.25) is 0 Å². The summed E-state index contributed by atoms with van der Waals surface area (Å²) in [5, 5.41) is 5.33. The van der Waals surface area contributed by atoms with Crippen molar-refractivity contribution in [3.05, 3.63) is 65.2 Å². The number of nitrogens with one attached hydrogen (secondary N) is 2. The molecule has 0 fully saturated rings. The highest BCUT2D eigenvalue weighted by atomic mass is 16.2. The number of amides is 2. The average Bonchev–Trinajstić information content (AvgIpc) is 2.55. The largest absolute Gasteiger partial charge is 0.347 e. The smallest absolute Gasteiger partial charge is 0.313 e. The number of aryl methyl sites for hydroxylation is 2. The van der Waals surface area contributed by atoms with Crippen molar-refractivity contribution in [2.45, 2.75) is 26.7 Å². The molecule has 2 amide bonds. The van der Waals surface area contributed by atoms with E-state index in [1.807, 2.05) is 50.2 Å². The first-order valence-electron chi connectivity index (χ1n) is 7.82. The average molecular weight is 310 g/mol. The van der Waals surface area contributed by atoms with Gasteiger partial charge in [0.05, 0.1) is 0 Å². The molecule has 0 spiro atoms. The topological polar surface area (TPSA) is 58.2 Å². The van der Waals surface area contributed by atoms with Gasteiger partial charge in [-0.15, -0.1) is 0 Å². The highest BCUT2D eigenvalue weighted by molar-refractivity contribution is 6.39. The molecule has 2 N–H and O–H groups in total. The first-order chi connectivity index (χ1) is 11.1. The predicted octanol–water partition coefficient (Wildman–Crippen LogP) is 2.85. The Hall–Kier alpha value is -2.62. The molecule has 0 saturated heterocycles. The normalized spacial score (nSPS) is 10.2. The number of anilines is 1. The molecular formula is C19H22N2O2. The van der Waals surface area contributed by atoms with Crippen LogP contribution in [0.5, 0.6) is 0 Å². The molecule has 0 aliphatic carbocycles. The summed E-state index contributed by atoms with van der Waals surface area (Å²) in [6, 6.07) is 15.6. The monoisotopic (exact) mass is 310 g/mol. The minimum absolute atomic E-state index is 0.436. The second-order valence-corrected chi connectivity index (χ2v) is 5.46. The van der Waals surface area contributed by atoms with Crippen molar-refractivity contribution in [3.63, 3.8) is 0 Å². The van der Waals surface area contributed by atoms with E-state index in [9.17, 15) is 9.59 Å². The van der Waals surface area contributed by atoms with Crippen LogP contribution in [0.1, 0.15) is 23.6 Å². The maximum Gasteiger partial charge on any atom is 0.313 e. The van der Waals surface area contributed by atoms with Crippen molar-refractivity contribution in [1.29, 1.82) is 0 Å². The van der Waals surface area contributed by atoms with Crippen molar-refractivity contribution in [1.82, 2.24) is 5.32 Å². The van der Waals surface area contributed by atoms with Crippen LogP contribution >= 0.6 is 0 Å². The zero-order valence-electron chi connectivity index (χ0n) is 13.6. The molecule has 0 bridgehead atoms. The second kappa shape index (κ2) is 8.13. The van der Waals surface area contributed by atoms with E-state index in [0.29, 0.717) is 18.7 Å². The first kappa shape index (κ1) is 16.7. The summed E-state index contributed by atoms with van der Waals surface area (Å²) in [7, 11) is 0. The summed E-state index contributed by atoms with van der Waals surface area (Å²) in [5.74, 6) is -1.24. The van der Waals surface area contributed by atoms with E-state index in [2.05, 4.69) is 16.7 Å². The van der Waals surface area contributed by atoms with Crippen molar-refractivity contribution >= 4 is 17.5 Å². The van der Waals surface area contributed by atoms with Crippen LogP contribution in [0.2, 0.25) is 0 Å². The Balaban J connectivity index is 1.84. The molecule has 0 unspecified atom stereocenters. The molecule has 2 aromatic carbocycles. The number of benzene rings is 2. The Morgan fingerprint density at radius 2 is 1.78 bits per heavy atom. The SMILES string of the molecule is CCc1ccccc1NC(=O)C(=O)NCCc1cccc(C)c1. The van der Waals surface area contributed by atoms with Crippen molar-refractivity contribution in [2.24, 2.45) is 0 Å². The quantitative estimate of drug-likeness (QED) is 0.834. The molecule has 0 aliphatic rings. The molecule has 0 heterocycles. The van der Waals surface area contributed by atoms with Crippen molar-refractivity contribution < 1.29 is 9.59 Å². The van der Waals surface area contributed by atoms with Crippen LogP contribution in [0.4, 0.5) is 5.69 Å². The Morgan fingerprint density at radius 1 is 1.00 bits per heavy atom. The third-order valence-electron chi connectivity index (χ3n) is 3.63. The third kappa shape index (κ3) is 4.95. The Bertz CT molecular complexity index is 695. The van der Waals surface area contributed by atoms with Gasteiger partial charge in [-0.05, 0) is 37.0 Å². The summed E-state index contributed by atoms with van der Waals surface area (Å²) in [6.07, 6.45) is 1.50. The Labute approximate surface area is 136 Å². The summed E-state index contributed by atoms with van der Waals surface area (Å²) in [5.41, 5.74) is 4.02. The summed E-state index contributed by atoms with van der Waals surface area (Å²) >= 11 is 0. The number of carbonyl (C=O) groups excluding carboxylic acids is 2. The lowest BCUT2D eigenvalue weighted by Crippen LogP contribution is -2.36. The Morgan fingerprint density at radius 3 is 2.52 bits per heavy atom. The zero-order chi connectivity index (χ0) is 16.7. The first-order valence-corrected chi connectivity index (χ1v) is 7.82. The minimum Gasteiger partial charge on any atom is -0.347 e. The van der Waals surface area contributed by atoms with Gasteiger partial charge in [0, 0.05) is 12.2 Å². The van der Waals surface area contributed by atoms with Gasteiger partial charge in [-0.3, -0.25) is 9.59 Å². The highest BCUT2D eigenvalue weighted by Crippen LogP contribution is 2.15. The Kier molecular flexibility index (Phi) is 5.92. The predicted molar refractivity (Wildman–Crippen MR) is 92.3 cm³/mol. The summed E-state index contributed by atoms with van der Waals surface area (Å²) < 4.78 is 0. The van der Waals surface area contributed by atoms with Crippen LogP contribution in [0, 0.1) is 6.92 Å². The van der Waals surface area contributed by atoms with Crippen LogP contribution in [-0.2, 0) is 22.4 Å². The van der Waals surface area contributed by atoms with E-state index in [-0.39, 0.29) is 0 Å². The van der Waals surface area contributed by atoms with Crippen LogP contribution in [0.3, 0.4) is 0 Å². The summed E-state index contributed by atoms with van der Waals surface area (Å²) in [6.45, 7) is 4.47. The molecule has 0 atom stereocenters. The van der Waals surface area contributed by atoms with E-state index in [0.717, 1.165) is 17.5 Å². The molecule has 0 aromatic heterocycles. The van der Waals surface area contributed by atoms with Crippen molar-refractivity contribution in [2.75, 3.05) is 11.9 Å². The van der Waals surface area contributed by atoms with Gasteiger partial charge in [-0.1, -0.05) is 55.0 Å². The van der Waals surface area contributed by atoms with Crippen LogP contribution < -0.4 is 10.6 Å².